The highest BCUT2D eigenvalue weighted by atomic mass is 16.5. The smallest absolute Gasteiger partial charge is 0.305 e. The normalized spacial score (nSPS) is 11.3. The number of hydrogen-bond donors (Lipinski definition) is 0. The molecule has 10 nitrogen and oxygen atoms in total. The Morgan fingerprint density at radius 2 is 0.532 bits per heavy atom. The minimum Gasteiger partial charge on any atom is -0.490 e. The molecular formula is C52H76O10. The van der Waals surface area contributed by atoms with E-state index in [1.54, 1.807) is 0 Å². The summed E-state index contributed by atoms with van der Waals surface area (Å²) in [7, 11) is 2.78. The minimum absolute atomic E-state index is 0.234. The van der Waals surface area contributed by atoms with Gasteiger partial charge in [0.25, 0.3) is 0 Å². The third-order valence-electron chi connectivity index (χ3n) is 11.2. The highest BCUT2D eigenvalue weighted by Crippen LogP contribution is 2.47. The Balaban J connectivity index is 1.96. The zero-order chi connectivity index (χ0) is 44.4. The van der Waals surface area contributed by atoms with Gasteiger partial charge in [0.15, 0.2) is 34.5 Å². The van der Waals surface area contributed by atoms with E-state index in [1.165, 1.54) is 39.9 Å². The molecule has 0 aliphatic rings. The van der Waals surface area contributed by atoms with Gasteiger partial charge >= 0.3 is 11.9 Å². The van der Waals surface area contributed by atoms with E-state index in [-0.39, 0.29) is 38.0 Å². The SMILES string of the molecule is CCCCCCOc1cc2c3cc(OCCCCCC)c(OCCCCCC)cc3c3cc(OCCCC(=O)OC)c(OCCCC(=O)OC)cc3c2cc1OCCCCCC. The summed E-state index contributed by atoms with van der Waals surface area (Å²) < 4.78 is 48.9. The molecule has 0 aliphatic heterocycles. The summed E-state index contributed by atoms with van der Waals surface area (Å²) in [5.41, 5.74) is 0. The van der Waals surface area contributed by atoms with Crippen LogP contribution in [0.25, 0.3) is 32.3 Å². The third kappa shape index (κ3) is 15.9. The Labute approximate surface area is 371 Å². The number of esters is 2. The van der Waals surface area contributed by atoms with Gasteiger partial charge in [-0.05, 0) is 107 Å². The van der Waals surface area contributed by atoms with Gasteiger partial charge < -0.3 is 37.9 Å². The van der Waals surface area contributed by atoms with Crippen molar-refractivity contribution in [2.24, 2.45) is 0 Å². The predicted octanol–water partition coefficient (Wildman–Crippen LogP) is 13.6. The molecule has 4 aromatic carbocycles. The Bertz CT molecular complexity index is 1800. The summed E-state index contributed by atoms with van der Waals surface area (Å²) in [6.45, 7) is 11.8. The maximum Gasteiger partial charge on any atom is 0.305 e. The molecule has 4 aromatic rings. The first kappa shape index (κ1) is 50.0. The number of carbonyl (C=O) groups excluding carboxylic acids is 2. The molecule has 0 aromatic heterocycles. The van der Waals surface area contributed by atoms with Crippen LogP contribution in [0, 0.1) is 0 Å². The van der Waals surface area contributed by atoms with Gasteiger partial charge in [-0.3, -0.25) is 9.59 Å². The van der Waals surface area contributed by atoms with Crippen molar-refractivity contribution >= 4 is 44.3 Å². The second-order valence-corrected chi connectivity index (χ2v) is 16.2. The largest absolute Gasteiger partial charge is 0.490 e. The van der Waals surface area contributed by atoms with Crippen LogP contribution in [0.2, 0.25) is 0 Å². The fourth-order valence-corrected chi connectivity index (χ4v) is 7.54. The molecule has 4 rings (SSSR count). The number of rotatable bonds is 34. The van der Waals surface area contributed by atoms with Crippen LogP contribution in [0.1, 0.15) is 156 Å². The van der Waals surface area contributed by atoms with E-state index in [0.717, 1.165) is 121 Å². The van der Waals surface area contributed by atoms with Gasteiger partial charge in [-0.25, -0.2) is 0 Å². The van der Waals surface area contributed by atoms with E-state index in [1.807, 2.05) is 12.1 Å². The third-order valence-corrected chi connectivity index (χ3v) is 11.2. The summed E-state index contributed by atoms with van der Waals surface area (Å²) in [5, 5.41) is 5.86. The number of fused-ring (bicyclic) bond motifs is 6. The first-order valence-corrected chi connectivity index (χ1v) is 23.8. The van der Waals surface area contributed by atoms with E-state index >= 15 is 0 Å². The number of benzene rings is 4. The summed E-state index contributed by atoms with van der Waals surface area (Å²) in [6.07, 6.45) is 19.0. The molecule has 0 aliphatic carbocycles. The van der Waals surface area contributed by atoms with Crippen molar-refractivity contribution in [1.29, 1.82) is 0 Å². The van der Waals surface area contributed by atoms with Crippen LogP contribution < -0.4 is 28.4 Å². The Morgan fingerprint density at radius 1 is 0.323 bits per heavy atom. The van der Waals surface area contributed by atoms with Crippen molar-refractivity contribution in [3.05, 3.63) is 36.4 Å². The molecule has 62 heavy (non-hydrogen) atoms. The monoisotopic (exact) mass is 861 g/mol. The van der Waals surface area contributed by atoms with Gasteiger partial charge in [-0.2, -0.15) is 0 Å². The summed E-state index contributed by atoms with van der Waals surface area (Å²) in [4.78, 5) is 23.9. The van der Waals surface area contributed by atoms with Gasteiger partial charge in [-0.1, -0.05) is 105 Å². The summed E-state index contributed by atoms with van der Waals surface area (Å²) >= 11 is 0. The van der Waals surface area contributed by atoms with E-state index in [4.69, 9.17) is 37.9 Å². The van der Waals surface area contributed by atoms with E-state index in [0.29, 0.717) is 62.3 Å². The standard InChI is InChI=1S/C52H76O10/c1-7-11-15-19-27-57-45-33-39-40-34-46(58-28-20-16-12-8-2)48(60-30-22-18-14-10-4)36-42(40)44-38-50(62-32-24-26-52(54)56-6)49(61-31-23-25-51(53)55-5)37-43(44)41(39)35-47(45)59-29-21-17-13-9-3/h33-38H,7-32H2,1-6H3. The number of methoxy groups -OCH3 is 2. The minimum atomic E-state index is -0.290. The van der Waals surface area contributed by atoms with Crippen LogP contribution in [0.15, 0.2) is 36.4 Å². The molecule has 0 N–H and O–H groups in total. The van der Waals surface area contributed by atoms with Crippen LogP contribution >= 0.6 is 0 Å². The molecule has 0 atom stereocenters. The van der Waals surface area contributed by atoms with Crippen molar-refractivity contribution in [3.8, 4) is 34.5 Å². The van der Waals surface area contributed by atoms with Crippen molar-refractivity contribution in [3.63, 3.8) is 0 Å². The van der Waals surface area contributed by atoms with Gasteiger partial charge in [0.2, 0.25) is 0 Å². The number of carbonyl (C=O) groups is 2. The van der Waals surface area contributed by atoms with Crippen molar-refractivity contribution in [1.82, 2.24) is 0 Å². The first-order valence-electron chi connectivity index (χ1n) is 23.8. The van der Waals surface area contributed by atoms with Crippen molar-refractivity contribution < 1.29 is 47.5 Å². The average Bonchev–Trinajstić information content (AvgIpc) is 3.28. The average molecular weight is 861 g/mol. The van der Waals surface area contributed by atoms with Gasteiger partial charge in [0, 0.05) is 12.8 Å². The zero-order valence-electron chi connectivity index (χ0n) is 38.9. The fraction of sp³-hybridized carbons (Fsp3) is 0.615. The molecule has 0 radical (unpaired) electrons. The molecule has 0 spiro atoms. The molecular weight excluding hydrogens is 785 g/mol. The summed E-state index contributed by atoms with van der Waals surface area (Å²) in [5.74, 6) is 3.39. The lowest BCUT2D eigenvalue weighted by molar-refractivity contribution is -0.141. The molecule has 0 unspecified atom stereocenters. The van der Waals surface area contributed by atoms with Crippen LogP contribution in [0.5, 0.6) is 34.5 Å². The van der Waals surface area contributed by atoms with Crippen LogP contribution in [0.3, 0.4) is 0 Å². The lowest BCUT2D eigenvalue weighted by atomic mass is 9.93. The van der Waals surface area contributed by atoms with E-state index in [9.17, 15) is 9.59 Å². The molecule has 0 heterocycles. The Kier molecular flexibility index (Phi) is 23.3. The van der Waals surface area contributed by atoms with Crippen molar-refractivity contribution in [2.75, 3.05) is 53.9 Å². The molecule has 0 saturated carbocycles. The topological polar surface area (TPSA) is 108 Å². The lowest BCUT2D eigenvalue weighted by Gasteiger charge is -2.21. The second kappa shape index (κ2) is 28.9. The predicted molar refractivity (Wildman–Crippen MR) is 251 cm³/mol. The molecule has 0 bridgehead atoms. The highest BCUT2D eigenvalue weighted by Gasteiger charge is 2.21. The van der Waals surface area contributed by atoms with Crippen LogP contribution in [0.4, 0.5) is 0 Å². The molecule has 0 fully saturated rings. The molecule has 0 saturated heterocycles. The lowest BCUT2D eigenvalue weighted by Crippen LogP contribution is -2.07. The second-order valence-electron chi connectivity index (χ2n) is 16.2. The van der Waals surface area contributed by atoms with Crippen molar-refractivity contribution in [2.45, 2.75) is 156 Å². The quantitative estimate of drug-likeness (QED) is 0.0256. The number of ether oxygens (including phenoxy) is 8. The maximum absolute atomic E-state index is 12.0. The van der Waals surface area contributed by atoms with E-state index < -0.39 is 0 Å². The molecule has 10 heteroatoms. The fourth-order valence-electron chi connectivity index (χ4n) is 7.54. The number of unbranched alkanes of at least 4 members (excludes halogenated alkanes) is 12. The zero-order valence-corrected chi connectivity index (χ0v) is 38.9. The van der Waals surface area contributed by atoms with Crippen LogP contribution in [-0.4, -0.2) is 65.8 Å². The summed E-state index contributed by atoms with van der Waals surface area (Å²) in [6, 6.07) is 12.6. The van der Waals surface area contributed by atoms with Gasteiger partial charge in [0.05, 0.1) is 53.9 Å². The van der Waals surface area contributed by atoms with Crippen LogP contribution in [-0.2, 0) is 19.1 Å². The maximum atomic E-state index is 12.0. The van der Waals surface area contributed by atoms with Gasteiger partial charge in [0.1, 0.15) is 0 Å². The molecule has 0 amide bonds. The Morgan fingerprint density at radius 3 is 0.726 bits per heavy atom. The van der Waals surface area contributed by atoms with Gasteiger partial charge in [-0.15, -0.1) is 0 Å². The molecule has 344 valence electrons. The van der Waals surface area contributed by atoms with E-state index in [2.05, 4.69) is 52.0 Å². The highest BCUT2D eigenvalue weighted by molar-refractivity contribution is 6.26. The first-order chi connectivity index (χ1) is 30.4. The number of hydrogen-bond acceptors (Lipinski definition) is 10. The Hall–Kier alpha value is -4.60.